The van der Waals surface area contributed by atoms with Crippen LogP contribution in [-0.4, -0.2) is 53.6 Å². The fourth-order valence-corrected chi connectivity index (χ4v) is 6.78. The molecule has 3 aliphatic rings. The maximum atomic E-state index is 14.2. The molecule has 5 atom stereocenters. The first-order valence-electron chi connectivity index (χ1n) is 13.8. The molecule has 7 heteroatoms. The summed E-state index contributed by atoms with van der Waals surface area (Å²) in [6.45, 7) is 1.35. The van der Waals surface area contributed by atoms with Crippen LogP contribution in [0, 0.1) is 11.8 Å². The van der Waals surface area contributed by atoms with Crippen LogP contribution in [0.25, 0.3) is 5.69 Å². The Hall–Kier alpha value is -3.58. The molecule has 6 rings (SSSR count). The zero-order valence-electron chi connectivity index (χ0n) is 21.9. The summed E-state index contributed by atoms with van der Waals surface area (Å²) in [4.78, 5) is 29.5. The van der Waals surface area contributed by atoms with Gasteiger partial charge in [0.25, 0.3) is 5.91 Å². The molecule has 1 saturated heterocycles. The van der Waals surface area contributed by atoms with Crippen LogP contribution in [0.4, 0.5) is 5.69 Å². The van der Waals surface area contributed by atoms with Crippen molar-refractivity contribution in [2.45, 2.75) is 50.2 Å². The van der Waals surface area contributed by atoms with Gasteiger partial charge >= 0.3 is 0 Å². The molecule has 7 nitrogen and oxygen atoms in total. The first-order chi connectivity index (χ1) is 18.6. The lowest BCUT2D eigenvalue weighted by Crippen LogP contribution is -2.50. The Morgan fingerprint density at radius 2 is 1.74 bits per heavy atom. The summed E-state index contributed by atoms with van der Waals surface area (Å²) in [7, 11) is 1.73. The van der Waals surface area contributed by atoms with Gasteiger partial charge in [0, 0.05) is 54.9 Å². The van der Waals surface area contributed by atoms with Crippen molar-refractivity contribution < 1.29 is 14.3 Å². The zero-order valence-corrected chi connectivity index (χ0v) is 21.9. The minimum Gasteiger partial charge on any atom is -0.383 e. The molecule has 2 N–H and O–H groups in total. The van der Waals surface area contributed by atoms with Gasteiger partial charge in [-0.15, -0.1) is 0 Å². The van der Waals surface area contributed by atoms with Crippen LogP contribution in [0.1, 0.15) is 54.1 Å². The van der Waals surface area contributed by atoms with Crippen LogP contribution >= 0.6 is 0 Å². The van der Waals surface area contributed by atoms with Crippen LogP contribution in [0.3, 0.4) is 0 Å². The monoisotopic (exact) mass is 512 g/mol. The van der Waals surface area contributed by atoms with E-state index in [0.717, 1.165) is 50.0 Å². The highest BCUT2D eigenvalue weighted by molar-refractivity contribution is 5.95. The third kappa shape index (κ3) is 4.60. The number of nitrogens with one attached hydrogen (secondary N) is 2. The number of fused-ring (bicyclic) bond motifs is 3. The third-order valence-electron chi connectivity index (χ3n) is 8.64. The fourth-order valence-electron chi connectivity index (χ4n) is 6.78. The predicted molar refractivity (Wildman–Crippen MR) is 147 cm³/mol. The lowest BCUT2D eigenvalue weighted by molar-refractivity contribution is -0.139. The molecule has 3 aromatic rings. The minimum atomic E-state index is -0.200. The van der Waals surface area contributed by atoms with Gasteiger partial charge in [0.1, 0.15) is 0 Å². The quantitative estimate of drug-likeness (QED) is 0.498. The van der Waals surface area contributed by atoms with Crippen molar-refractivity contribution in [1.82, 2.24) is 14.8 Å². The average Bonchev–Trinajstić information content (AvgIpc) is 3.65. The van der Waals surface area contributed by atoms with Crippen molar-refractivity contribution in [2.75, 3.05) is 25.6 Å². The van der Waals surface area contributed by atoms with E-state index in [1.807, 2.05) is 59.4 Å². The van der Waals surface area contributed by atoms with Crippen LogP contribution < -0.4 is 10.6 Å². The Morgan fingerprint density at radius 1 is 0.974 bits per heavy atom. The van der Waals surface area contributed by atoms with Crippen LogP contribution in [0.15, 0.2) is 73.1 Å². The van der Waals surface area contributed by atoms with E-state index in [-0.39, 0.29) is 35.9 Å². The van der Waals surface area contributed by atoms with Gasteiger partial charge < -0.3 is 24.8 Å². The number of hydrogen-bond donors (Lipinski definition) is 2. The molecule has 1 aromatic heterocycles. The molecular weight excluding hydrogens is 476 g/mol. The van der Waals surface area contributed by atoms with Crippen molar-refractivity contribution in [1.29, 1.82) is 0 Å². The van der Waals surface area contributed by atoms with Crippen LogP contribution in [0.5, 0.6) is 0 Å². The van der Waals surface area contributed by atoms with Crippen molar-refractivity contribution in [3.05, 3.63) is 84.2 Å². The molecular formula is C31H36N4O3. The SMILES string of the molecule is COC[C@@H]1Nc2ccccc2[C@H]2[C@@H]1CCN2C(=O)[C@H]1CCCC[C@H]1NC(=O)c1ccc(-n2cccc2)cc1. The number of ether oxygens (including phenoxy) is 1. The largest absolute Gasteiger partial charge is 0.383 e. The summed E-state index contributed by atoms with van der Waals surface area (Å²) in [5, 5.41) is 6.89. The summed E-state index contributed by atoms with van der Waals surface area (Å²) in [6, 6.07) is 20.0. The molecule has 2 fully saturated rings. The number of hydrogen-bond acceptors (Lipinski definition) is 4. The Labute approximate surface area is 224 Å². The van der Waals surface area contributed by atoms with Crippen molar-refractivity contribution in [2.24, 2.45) is 11.8 Å². The molecule has 0 radical (unpaired) electrons. The molecule has 1 saturated carbocycles. The fraction of sp³-hybridized carbons (Fsp3) is 0.419. The van der Waals surface area contributed by atoms with Gasteiger partial charge in [-0.2, -0.15) is 0 Å². The summed E-state index contributed by atoms with van der Waals surface area (Å²) in [5.41, 5.74) is 3.91. The van der Waals surface area contributed by atoms with Gasteiger partial charge in [-0.1, -0.05) is 31.0 Å². The molecule has 0 bridgehead atoms. The first kappa shape index (κ1) is 24.7. The number of carbonyl (C=O) groups is 2. The second kappa shape index (κ2) is 10.7. The normalized spacial score (nSPS) is 26.2. The minimum absolute atomic E-state index is 0.0413. The Balaban J connectivity index is 1.20. The highest BCUT2D eigenvalue weighted by Crippen LogP contribution is 2.47. The summed E-state index contributed by atoms with van der Waals surface area (Å²) < 4.78 is 7.54. The highest BCUT2D eigenvalue weighted by Gasteiger charge is 2.48. The number of likely N-dealkylation sites (tertiary alicyclic amines) is 1. The van der Waals surface area contributed by atoms with Gasteiger partial charge in [0.15, 0.2) is 0 Å². The van der Waals surface area contributed by atoms with E-state index >= 15 is 0 Å². The molecule has 0 unspecified atom stereocenters. The number of rotatable bonds is 6. The second-order valence-electron chi connectivity index (χ2n) is 10.8. The van der Waals surface area contributed by atoms with E-state index in [9.17, 15) is 9.59 Å². The number of benzene rings is 2. The van der Waals surface area contributed by atoms with Crippen molar-refractivity contribution >= 4 is 17.5 Å². The molecule has 1 aliphatic carbocycles. The Morgan fingerprint density at radius 3 is 2.53 bits per heavy atom. The summed E-state index contributed by atoms with van der Waals surface area (Å²) >= 11 is 0. The summed E-state index contributed by atoms with van der Waals surface area (Å²) in [5.74, 6) is 0.177. The van der Waals surface area contributed by atoms with E-state index < -0.39 is 0 Å². The van der Waals surface area contributed by atoms with Crippen LogP contribution in [0.2, 0.25) is 0 Å². The molecule has 2 amide bonds. The van der Waals surface area contributed by atoms with Gasteiger partial charge in [0.2, 0.25) is 5.91 Å². The van der Waals surface area contributed by atoms with Gasteiger partial charge in [-0.05, 0) is 67.3 Å². The van der Waals surface area contributed by atoms with E-state index in [4.69, 9.17) is 4.74 Å². The highest BCUT2D eigenvalue weighted by atomic mass is 16.5. The lowest BCUT2D eigenvalue weighted by Gasteiger charge is -2.41. The van der Waals surface area contributed by atoms with E-state index in [1.54, 1.807) is 7.11 Å². The standard InChI is InChI=1S/C31H36N4O3/c1-38-20-28-24-16-19-35(29(24)23-8-2-4-10-26(23)32-28)31(37)25-9-3-5-11-27(25)33-30(36)21-12-14-22(15-13-21)34-17-6-7-18-34/h2,4,6-8,10,12-15,17-18,24-25,27-29,32H,3,5,9,11,16,19-20H2,1H3,(H,33,36)/t24-,25+,27-,28+,29+/m1/s1. The topological polar surface area (TPSA) is 75.6 Å². The molecule has 2 aromatic carbocycles. The number of amides is 2. The van der Waals surface area contributed by atoms with Crippen molar-refractivity contribution in [3.8, 4) is 5.69 Å². The molecule has 2 aliphatic heterocycles. The first-order valence-corrected chi connectivity index (χ1v) is 13.8. The van der Waals surface area contributed by atoms with E-state index in [0.29, 0.717) is 18.1 Å². The predicted octanol–water partition coefficient (Wildman–Crippen LogP) is 4.80. The van der Waals surface area contributed by atoms with Gasteiger partial charge in [0.05, 0.1) is 24.6 Å². The molecule has 38 heavy (non-hydrogen) atoms. The maximum Gasteiger partial charge on any atom is 0.251 e. The van der Waals surface area contributed by atoms with E-state index in [2.05, 4.69) is 33.7 Å². The summed E-state index contributed by atoms with van der Waals surface area (Å²) in [6.07, 6.45) is 8.59. The second-order valence-corrected chi connectivity index (χ2v) is 10.8. The van der Waals surface area contributed by atoms with Crippen molar-refractivity contribution in [3.63, 3.8) is 0 Å². The number of para-hydroxylation sites is 1. The van der Waals surface area contributed by atoms with Crippen LogP contribution in [-0.2, 0) is 9.53 Å². The number of carbonyl (C=O) groups excluding carboxylic acids is 2. The zero-order chi connectivity index (χ0) is 26.1. The number of anilines is 1. The smallest absolute Gasteiger partial charge is 0.251 e. The Kier molecular flexibility index (Phi) is 6.94. The molecule has 198 valence electrons. The molecule has 3 heterocycles. The third-order valence-corrected chi connectivity index (χ3v) is 8.64. The van der Waals surface area contributed by atoms with E-state index in [1.165, 1.54) is 5.56 Å². The lowest BCUT2D eigenvalue weighted by atomic mass is 9.81. The average molecular weight is 513 g/mol. The molecule has 0 spiro atoms. The Bertz CT molecular complexity index is 1270. The number of nitrogens with zero attached hydrogens (tertiary/aromatic N) is 2. The van der Waals surface area contributed by atoms with Gasteiger partial charge in [-0.25, -0.2) is 0 Å². The number of aromatic nitrogens is 1. The number of methoxy groups -OCH3 is 1. The maximum absolute atomic E-state index is 14.2. The van der Waals surface area contributed by atoms with Gasteiger partial charge in [-0.3, -0.25) is 9.59 Å².